The maximum Gasteiger partial charge on any atom is 0.417 e. The van der Waals surface area contributed by atoms with Gasteiger partial charge in [0.05, 0.1) is 30.7 Å². The molecule has 2 rings (SSSR count). The number of hydrogen-bond acceptors (Lipinski definition) is 0. The molecule has 2 aromatic carbocycles. The summed E-state index contributed by atoms with van der Waals surface area (Å²) in [5.74, 6) is 0. The molecule has 0 aliphatic rings. The lowest BCUT2D eigenvalue weighted by molar-refractivity contribution is -0.137. The van der Waals surface area contributed by atoms with Gasteiger partial charge in [0, 0.05) is 10.6 Å². The number of benzene rings is 2. The molecule has 0 unspecified atom stereocenters. The van der Waals surface area contributed by atoms with Crippen LogP contribution in [0.5, 0.6) is 0 Å². The van der Waals surface area contributed by atoms with E-state index in [-0.39, 0.29) is 41.3 Å². The molecule has 0 atom stereocenters. The molecule has 0 aliphatic carbocycles. The quantitative estimate of drug-likeness (QED) is 0.316. The van der Waals surface area contributed by atoms with Gasteiger partial charge in [-0.1, -0.05) is 69.6 Å². The number of hydrogen-bond donors (Lipinski definition) is 0. The minimum Gasteiger partial charge on any atom is -0.166 e. The molecule has 0 aromatic heterocycles. The zero-order chi connectivity index (χ0) is 16.8. The van der Waals surface area contributed by atoms with Crippen molar-refractivity contribution < 1.29 is 13.2 Å². The van der Waals surface area contributed by atoms with Crippen LogP contribution in [0.4, 0.5) is 13.2 Å². The van der Waals surface area contributed by atoms with Crippen molar-refractivity contribution in [2.75, 3.05) is 0 Å². The third-order valence-corrected chi connectivity index (χ3v) is 5.28. The maximum atomic E-state index is 13.2. The van der Waals surface area contributed by atoms with Gasteiger partial charge in [0.15, 0.2) is 0 Å². The highest BCUT2D eigenvalue weighted by atomic mass is 35.5. The molecular weight excluding hydrogens is 426 g/mol. The van der Waals surface area contributed by atoms with Gasteiger partial charge in [-0.15, -0.1) is 0 Å². The first-order valence-electron chi connectivity index (χ1n) is 5.44. The van der Waals surface area contributed by atoms with Gasteiger partial charge in [-0.25, -0.2) is 0 Å². The van der Waals surface area contributed by atoms with Crippen LogP contribution < -0.4 is 0 Å². The van der Waals surface area contributed by atoms with Crippen molar-refractivity contribution in [3.63, 3.8) is 0 Å². The Morgan fingerprint density at radius 1 is 0.682 bits per heavy atom. The standard InChI is InChI=1S/C13H3Cl6F3/c14-4-1-2-6(13(20,21)22)5(3-4)7-8(15)10(17)12(19)11(18)9(7)16/h1-3H. The second kappa shape index (κ2) is 6.46. The highest BCUT2D eigenvalue weighted by Crippen LogP contribution is 2.50. The average molecular weight is 429 g/mol. The zero-order valence-electron chi connectivity index (χ0n) is 10.1. The first kappa shape index (κ1) is 18.3. The molecule has 9 heteroatoms. The van der Waals surface area contributed by atoms with E-state index in [0.29, 0.717) is 0 Å². The highest BCUT2D eigenvalue weighted by Gasteiger charge is 2.35. The first-order chi connectivity index (χ1) is 10.1. The Morgan fingerprint density at radius 3 is 1.59 bits per heavy atom. The second-order valence-corrected chi connectivity index (χ2v) is 6.46. The molecule has 0 heterocycles. The van der Waals surface area contributed by atoms with Crippen molar-refractivity contribution in [2.45, 2.75) is 6.18 Å². The van der Waals surface area contributed by atoms with E-state index in [1.54, 1.807) is 0 Å². The summed E-state index contributed by atoms with van der Waals surface area (Å²) in [6.07, 6.45) is -4.65. The molecule has 0 radical (unpaired) electrons. The Morgan fingerprint density at radius 2 is 1.14 bits per heavy atom. The van der Waals surface area contributed by atoms with E-state index in [9.17, 15) is 13.2 Å². The normalized spacial score (nSPS) is 11.9. The number of halogens is 9. The largest absolute Gasteiger partial charge is 0.417 e. The highest BCUT2D eigenvalue weighted by molar-refractivity contribution is 6.56. The molecule has 0 saturated heterocycles. The summed E-state index contributed by atoms with van der Waals surface area (Å²) in [5, 5.41) is -0.945. The van der Waals surface area contributed by atoms with Crippen LogP contribution in [-0.4, -0.2) is 0 Å². The second-order valence-electron chi connectivity index (χ2n) is 4.13. The molecule has 2 aromatic rings. The van der Waals surface area contributed by atoms with Gasteiger partial charge < -0.3 is 0 Å². The van der Waals surface area contributed by atoms with E-state index in [1.165, 1.54) is 0 Å². The summed E-state index contributed by atoms with van der Waals surface area (Å²) in [6.45, 7) is 0. The summed E-state index contributed by atoms with van der Waals surface area (Å²) in [7, 11) is 0. The van der Waals surface area contributed by atoms with Gasteiger partial charge in [0.1, 0.15) is 0 Å². The van der Waals surface area contributed by atoms with Crippen molar-refractivity contribution in [3.8, 4) is 11.1 Å². The Bertz CT molecular complexity index is 725. The van der Waals surface area contributed by atoms with Gasteiger partial charge in [-0.05, 0) is 23.8 Å². The van der Waals surface area contributed by atoms with E-state index in [2.05, 4.69) is 0 Å². The Labute approximate surface area is 153 Å². The van der Waals surface area contributed by atoms with Gasteiger partial charge >= 0.3 is 6.18 Å². The smallest absolute Gasteiger partial charge is 0.166 e. The molecular formula is C13H3Cl6F3. The van der Waals surface area contributed by atoms with E-state index < -0.39 is 11.7 Å². The summed E-state index contributed by atoms with van der Waals surface area (Å²) >= 11 is 35.4. The van der Waals surface area contributed by atoms with E-state index in [0.717, 1.165) is 18.2 Å². The summed E-state index contributed by atoms with van der Waals surface area (Å²) in [5.41, 5.74) is -1.50. The third kappa shape index (κ3) is 3.26. The van der Waals surface area contributed by atoms with Crippen LogP contribution in [0.15, 0.2) is 18.2 Å². The van der Waals surface area contributed by atoms with E-state index in [4.69, 9.17) is 69.6 Å². The van der Waals surface area contributed by atoms with Crippen LogP contribution in [0, 0.1) is 0 Å². The van der Waals surface area contributed by atoms with Crippen molar-refractivity contribution in [1.82, 2.24) is 0 Å². The monoisotopic (exact) mass is 426 g/mol. The van der Waals surface area contributed by atoms with Crippen LogP contribution in [0.1, 0.15) is 5.56 Å². The van der Waals surface area contributed by atoms with Crippen LogP contribution in [0.25, 0.3) is 11.1 Å². The topological polar surface area (TPSA) is 0 Å². The average Bonchev–Trinajstić information content (AvgIpc) is 2.42. The van der Waals surface area contributed by atoms with E-state index in [1.807, 2.05) is 0 Å². The number of rotatable bonds is 1. The maximum absolute atomic E-state index is 13.2. The fourth-order valence-electron chi connectivity index (χ4n) is 1.81. The fourth-order valence-corrected chi connectivity index (χ4v) is 3.33. The Hall–Kier alpha value is -0.0300. The minimum absolute atomic E-state index is 0.0670. The summed E-state index contributed by atoms with van der Waals surface area (Å²) in [6, 6.07) is 3.01. The molecule has 0 nitrogen and oxygen atoms in total. The molecule has 118 valence electrons. The Balaban J connectivity index is 2.92. The summed E-state index contributed by atoms with van der Waals surface area (Å²) in [4.78, 5) is 0. The molecule has 0 saturated carbocycles. The molecule has 0 fully saturated rings. The first-order valence-corrected chi connectivity index (χ1v) is 7.71. The van der Waals surface area contributed by atoms with Crippen molar-refractivity contribution in [1.29, 1.82) is 0 Å². The molecule has 0 bridgehead atoms. The van der Waals surface area contributed by atoms with Crippen molar-refractivity contribution in [3.05, 3.63) is 53.9 Å². The van der Waals surface area contributed by atoms with Gasteiger partial charge in [-0.2, -0.15) is 13.2 Å². The predicted molar refractivity (Wildman–Crippen MR) is 86.9 cm³/mol. The molecule has 0 spiro atoms. The molecule has 0 aliphatic heterocycles. The lowest BCUT2D eigenvalue weighted by atomic mass is 9.99. The lowest BCUT2D eigenvalue weighted by Gasteiger charge is -2.17. The fraction of sp³-hybridized carbons (Fsp3) is 0.0769. The predicted octanol–water partition coefficient (Wildman–Crippen LogP) is 8.29. The van der Waals surface area contributed by atoms with Gasteiger partial charge in [0.25, 0.3) is 0 Å². The van der Waals surface area contributed by atoms with Crippen molar-refractivity contribution >= 4 is 69.6 Å². The molecule has 0 N–H and O–H groups in total. The third-order valence-electron chi connectivity index (χ3n) is 2.77. The summed E-state index contributed by atoms with van der Waals surface area (Å²) < 4.78 is 39.6. The van der Waals surface area contributed by atoms with Gasteiger partial charge in [0.2, 0.25) is 0 Å². The van der Waals surface area contributed by atoms with Crippen LogP contribution >= 0.6 is 69.6 Å². The zero-order valence-corrected chi connectivity index (χ0v) is 14.7. The molecule has 0 amide bonds. The minimum atomic E-state index is -4.65. The van der Waals surface area contributed by atoms with Crippen LogP contribution in [0.3, 0.4) is 0 Å². The van der Waals surface area contributed by atoms with E-state index >= 15 is 0 Å². The number of alkyl halides is 3. The van der Waals surface area contributed by atoms with Crippen LogP contribution in [-0.2, 0) is 6.18 Å². The molecule has 22 heavy (non-hydrogen) atoms. The lowest BCUT2D eigenvalue weighted by Crippen LogP contribution is -2.07. The van der Waals surface area contributed by atoms with Crippen LogP contribution in [0.2, 0.25) is 30.1 Å². The SMILES string of the molecule is FC(F)(F)c1ccc(Cl)cc1-c1c(Cl)c(Cl)c(Cl)c(Cl)c1Cl. The van der Waals surface area contributed by atoms with Crippen molar-refractivity contribution in [2.24, 2.45) is 0 Å². The Kier molecular flexibility index (Phi) is 5.38. The van der Waals surface area contributed by atoms with Gasteiger partial charge in [-0.3, -0.25) is 0 Å².